The molecule has 1 aromatic rings. The molecule has 1 saturated carbocycles. The minimum Gasteiger partial charge on any atom is -0.198 e. The molecule has 72 valence electrons. The summed E-state index contributed by atoms with van der Waals surface area (Å²) >= 11 is 6.06. The molecule has 1 nitrogen and oxygen atoms in total. The van der Waals surface area contributed by atoms with E-state index >= 15 is 0 Å². The van der Waals surface area contributed by atoms with E-state index in [2.05, 4.69) is 6.07 Å². The van der Waals surface area contributed by atoms with E-state index in [1.165, 1.54) is 6.42 Å². The van der Waals surface area contributed by atoms with Crippen molar-refractivity contribution < 1.29 is 0 Å². The van der Waals surface area contributed by atoms with Crippen molar-refractivity contribution >= 4 is 11.6 Å². The first-order valence-corrected chi connectivity index (χ1v) is 5.28. The number of nitrogens with zero attached hydrogens (tertiary/aromatic N) is 1. The van der Waals surface area contributed by atoms with Crippen molar-refractivity contribution in [3.63, 3.8) is 0 Å². The summed E-state index contributed by atoms with van der Waals surface area (Å²) in [4.78, 5) is 0. The van der Waals surface area contributed by atoms with Gasteiger partial charge in [-0.05, 0) is 30.9 Å². The Morgan fingerprint density at radius 1 is 1.36 bits per heavy atom. The molecule has 0 spiro atoms. The Hall–Kier alpha value is -1.00. The molecule has 1 aliphatic carbocycles. The predicted molar refractivity (Wildman–Crippen MR) is 57.1 cm³/mol. The Kier molecular flexibility index (Phi) is 2.48. The lowest BCUT2D eigenvalue weighted by atomic mass is 9.66. The minimum absolute atomic E-state index is 0.120. The van der Waals surface area contributed by atoms with Crippen LogP contribution in [0.4, 0.5) is 0 Å². The monoisotopic (exact) mass is 205 g/mol. The van der Waals surface area contributed by atoms with Crippen LogP contribution in [0, 0.1) is 16.7 Å². The van der Waals surface area contributed by atoms with Gasteiger partial charge in [-0.15, -0.1) is 0 Å². The molecule has 2 heteroatoms. The first-order valence-electron chi connectivity index (χ1n) is 4.90. The molecule has 0 heterocycles. The molecule has 14 heavy (non-hydrogen) atoms. The van der Waals surface area contributed by atoms with Gasteiger partial charge in [0.25, 0.3) is 0 Å². The first kappa shape index (κ1) is 9.55. The van der Waals surface area contributed by atoms with Crippen LogP contribution in [0.1, 0.15) is 24.8 Å². The molecule has 0 saturated heterocycles. The molecular formula is C12H12ClN. The Morgan fingerprint density at radius 3 is 2.57 bits per heavy atom. The summed E-state index contributed by atoms with van der Waals surface area (Å²) in [5.74, 6) is 0. The van der Waals surface area contributed by atoms with E-state index in [4.69, 9.17) is 16.9 Å². The topological polar surface area (TPSA) is 23.8 Å². The summed E-state index contributed by atoms with van der Waals surface area (Å²) in [7, 11) is 0. The summed E-state index contributed by atoms with van der Waals surface area (Å²) in [5.41, 5.74) is 0.987. The normalized spacial score (nSPS) is 18.3. The second kappa shape index (κ2) is 3.63. The van der Waals surface area contributed by atoms with Crippen molar-refractivity contribution in [1.82, 2.24) is 0 Å². The van der Waals surface area contributed by atoms with E-state index in [-0.39, 0.29) is 5.41 Å². The number of rotatable bonds is 2. The van der Waals surface area contributed by atoms with Crippen LogP contribution >= 0.6 is 11.6 Å². The zero-order chi connectivity index (χ0) is 10.0. The van der Waals surface area contributed by atoms with Crippen molar-refractivity contribution in [2.75, 3.05) is 0 Å². The van der Waals surface area contributed by atoms with Crippen LogP contribution in [0.5, 0.6) is 0 Å². The maximum absolute atomic E-state index is 9.10. The van der Waals surface area contributed by atoms with Gasteiger partial charge in [-0.1, -0.05) is 36.2 Å². The molecule has 1 aliphatic rings. The van der Waals surface area contributed by atoms with Crippen molar-refractivity contribution in [3.05, 3.63) is 34.9 Å². The number of benzene rings is 1. The molecule has 0 radical (unpaired) electrons. The third-order valence-corrected chi connectivity index (χ3v) is 3.40. The van der Waals surface area contributed by atoms with Crippen LogP contribution in [0.25, 0.3) is 0 Å². The Balaban J connectivity index is 2.19. The van der Waals surface area contributed by atoms with Gasteiger partial charge < -0.3 is 0 Å². The molecule has 0 bridgehead atoms. The largest absolute Gasteiger partial charge is 0.198 e. The van der Waals surface area contributed by atoms with Crippen LogP contribution in [-0.2, 0) is 6.42 Å². The summed E-state index contributed by atoms with van der Waals surface area (Å²) in [5, 5.41) is 9.88. The lowest BCUT2D eigenvalue weighted by Crippen LogP contribution is -2.29. The Bertz CT molecular complexity index is 374. The molecule has 0 aromatic heterocycles. The average molecular weight is 206 g/mol. The fourth-order valence-corrected chi connectivity index (χ4v) is 2.14. The zero-order valence-electron chi connectivity index (χ0n) is 7.96. The highest BCUT2D eigenvalue weighted by Gasteiger charge is 2.37. The van der Waals surface area contributed by atoms with E-state index in [0.717, 1.165) is 29.8 Å². The van der Waals surface area contributed by atoms with Crippen LogP contribution < -0.4 is 0 Å². The van der Waals surface area contributed by atoms with Crippen LogP contribution in [0.3, 0.4) is 0 Å². The highest BCUT2D eigenvalue weighted by Crippen LogP contribution is 2.43. The van der Waals surface area contributed by atoms with E-state index in [1.807, 2.05) is 24.3 Å². The fraction of sp³-hybridized carbons (Fsp3) is 0.417. The second-order valence-electron chi connectivity index (χ2n) is 4.01. The van der Waals surface area contributed by atoms with Gasteiger partial charge in [-0.25, -0.2) is 0 Å². The lowest BCUT2D eigenvalue weighted by molar-refractivity contribution is 0.214. The minimum atomic E-state index is -0.120. The van der Waals surface area contributed by atoms with Crippen molar-refractivity contribution in [3.8, 4) is 6.07 Å². The van der Waals surface area contributed by atoms with Crippen LogP contribution in [0.2, 0.25) is 5.02 Å². The highest BCUT2D eigenvalue weighted by atomic mass is 35.5. The van der Waals surface area contributed by atoms with E-state index in [1.54, 1.807) is 0 Å². The van der Waals surface area contributed by atoms with E-state index in [0.29, 0.717) is 0 Å². The lowest BCUT2D eigenvalue weighted by Gasteiger charge is -2.35. The average Bonchev–Trinajstić information content (AvgIpc) is 2.14. The molecule has 0 N–H and O–H groups in total. The summed E-state index contributed by atoms with van der Waals surface area (Å²) in [6, 6.07) is 10.2. The fourth-order valence-electron chi connectivity index (χ4n) is 1.94. The number of nitriles is 1. The zero-order valence-corrected chi connectivity index (χ0v) is 8.72. The standard InChI is InChI=1S/C12H12ClN/c13-11-5-2-1-4-10(11)8-12(9-14)6-3-7-12/h1-2,4-5H,3,6-8H2. The maximum atomic E-state index is 9.10. The number of halogens is 1. The molecule has 0 amide bonds. The SMILES string of the molecule is N#CC1(Cc2ccccc2Cl)CCC1. The third kappa shape index (κ3) is 1.63. The molecular weight excluding hydrogens is 194 g/mol. The summed E-state index contributed by atoms with van der Waals surface area (Å²) < 4.78 is 0. The van der Waals surface area contributed by atoms with Crippen LogP contribution in [-0.4, -0.2) is 0 Å². The molecule has 0 unspecified atom stereocenters. The number of hydrogen-bond acceptors (Lipinski definition) is 1. The first-order chi connectivity index (χ1) is 6.76. The van der Waals surface area contributed by atoms with Gasteiger partial charge in [0.1, 0.15) is 0 Å². The van der Waals surface area contributed by atoms with E-state index in [9.17, 15) is 0 Å². The summed E-state index contributed by atoms with van der Waals surface area (Å²) in [6.07, 6.45) is 4.03. The number of hydrogen-bond donors (Lipinski definition) is 0. The third-order valence-electron chi connectivity index (χ3n) is 3.03. The van der Waals surface area contributed by atoms with Crippen molar-refractivity contribution in [2.24, 2.45) is 5.41 Å². The van der Waals surface area contributed by atoms with Crippen molar-refractivity contribution in [1.29, 1.82) is 5.26 Å². The Morgan fingerprint density at radius 2 is 2.07 bits per heavy atom. The Labute approximate surface area is 89.3 Å². The van der Waals surface area contributed by atoms with Crippen LogP contribution in [0.15, 0.2) is 24.3 Å². The second-order valence-corrected chi connectivity index (χ2v) is 4.42. The molecule has 0 atom stereocenters. The van der Waals surface area contributed by atoms with Gasteiger partial charge in [-0.2, -0.15) is 5.26 Å². The smallest absolute Gasteiger partial charge is 0.0693 e. The maximum Gasteiger partial charge on any atom is 0.0693 e. The van der Waals surface area contributed by atoms with Gasteiger partial charge in [0, 0.05) is 5.02 Å². The molecule has 1 fully saturated rings. The molecule has 0 aliphatic heterocycles. The van der Waals surface area contributed by atoms with Gasteiger partial charge in [0.2, 0.25) is 0 Å². The van der Waals surface area contributed by atoms with E-state index < -0.39 is 0 Å². The summed E-state index contributed by atoms with van der Waals surface area (Å²) in [6.45, 7) is 0. The van der Waals surface area contributed by atoms with Gasteiger partial charge in [0.05, 0.1) is 11.5 Å². The van der Waals surface area contributed by atoms with Crippen molar-refractivity contribution in [2.45, 2.75) is 25.7 Å². The predicted octanol–water partition coefficient (Wildman–Crippen LogP) is 3.58. The molecule has 1 aromatic carbocycles. The molecule has 2 rings (SSSR count). The van der Waals surface area contributed by atoms with Gasteiger partial charge in [-0.3, -0.25) is 0 Å². The quantitative estimate of drug-likeness (QED) is 0.724. The van der Waals surface area contributed by atoms with Gasteiger partial charge in [0.15, 0.2) is 0 Å². The highest BCUT2D eigenvalue weighted by molar-refractivity contribution is 6.31. The van der Waals surface area contributed by atoms with Gasteiger partial charge >= 0.3 is 0 Å².